The van der Waals surface area contributed by atoms with E-state index >= 15 is 0 Å². The van der Waals surface area contributed by atoms with Crippen molar-refractivity contribution in [3.05, 3.63) is 47.2 Å². The Hall–Kier alpha value is -2.77. The van der Waals surface area contributed by atoms with Gasteiger partial charge < -0.3 is 14.4 Å². The standard InChI is InChI=1S/C23H27F2NO5/c1-4-30-21(29)23(12-15-6-7-16(24)10-18(15)25)8-5-9-26(14-23)20(28)19-11-17(27)13-22(2,3)31-19/h6-7,10-11H,4-5,8-9,12-14H2,1-3H3/t23-/m0/s1. The molecule has 0 aliphatic carbocycles. The summed E-state index contributed by atoms with van der Waals surface area (Å²) in [5.41, 5.74) is -1.81. The van der Waals surface area contributed by atoms with E-state index in [1.807, 2.05) is 0 Å². The molecule has 0 N–H and O–H groups in total. The first-order valence-corrected chi connectivity index (χ1v) is 10.4. The van der Waals surface area contributed by atoms with Crippen LogP contribution < -0.4 is 0 Å². The van der Waals surface area contributed by atoms with Crippen molar-refractivity contribution in [3.8, 4) is 0 Å². The van der Waals surface area contributed by atoms with Gasteiger partial charge in [-0.05, 0) is 51.7 Å². The quantitative estimate of drug-likeness (QED) is 0.664. The van der Waals surface area contributed by atoms with E-state index in [2.05, 4.69) is 0 Å². The van der Waals surface area contributed by atoms with Crippen LogP contribution in [0.4, 0.5) is 8.78 Å². The van der Waals surface area contributed by atoms with Gasteiger partial charge in [0.05, 0.1) is 12.0 Å². The van der Waals surface area contributed by atoms with E-state index in [1.54, 1.807) is 20.8 Å². The Kier molecular flexibility index (Phi) is 6.48. The fraction of sp³-hybridized carbons (Fsp3) is 0.522. The summed E-state index contributed by atoms with van der Waals surface area (Å²) >= 11 is 0. The third-order valence-corrected chi connectivity index (χ3v) is 5.61. The SMILES string of the molecule is CCOC(=O)[C@]1(Cc2ccc(F)cc2F)CCCN(C(=O)C2=CC(=O)CC(C)(C)O2)C1. The van der Waals surface area contributed by atoms with Gasteiger partial charge in [0.2, 0.25) is 0 Å². The monoisotopic (exact) mass is 435 g/mol. The zero-order chi connectivity index (χ0) is 22.8. The fourth-order valence-electron chi connectivity index (χ4n) is 4.24. The number of esters is 1. The topological polar surface area (TPSA) is 72.9 Å². The number of allylic oxidation sites excluding steroid dienone is 1. The molecule has 3 rings (SSSR count). The molecule has 2 aliphatic heterocycles. The average Bonchev–Trinajstić information content (AvgIpc) is 2.68. The minimum absolute atomic E-state index is 0.0171. The number of halogens is 2. The first-order valence-electron chi connectivity index (χ1n) is 10.4. The van der Waals surface area contributed by atoms with Gasteiger partial charge in [0.25, 0.3) is 5.91 Å². The van der Waals surface area contributed by atoms with Crippen molar-refractivity contribution in [2.24, 2.45) is 5.41 Å². The van der Waals surface area contributed by atoms with Crippen molar-refractivity contribution < 1.29 is 32.6 Å². The first-order chi connectivity index (χ1) is 14.5. The number of ketones is 1. The molecule has 0 saturated carbocycles. The summed E-state index contributed by atoms with van der Waals surface area (Å²) in [6.45, 7) is 5.60. The second kappa shape index (κ2) is 8.77. The Bertz CT molecular complexity index is 927. The second-order valence-corrected chi connectivity index (χ2v) is 8.76. The zero-order valence-electron chi connectivity index (χ0n) is 18.0. The Balaban J connectivity index is 1.89. The number of carbonyl (C=O) groups excluding carboxylic acids is 3. The number of hydrogen-bond donors (Lipinski definition) is 0. The van der Waals surface area contributed by atoms with Crippen molar-refractivity contribution in [2.75, 3.05) is 19.7 Å². The summed E-state index contributed by atoms with van der Waals surface area (Å²) in [5.74, 6) is -2.76. The molecule has 2 aliphatic rings. The van der Waals surface area contributed by atoms with Gasteiger partial charge in [0.1, 0.15) is 17.2 Å². The molecule has 31 heavy (non-hydrogen) atoms. The largest absolute Gasteiger partial charge is 0.481 e. The minimum Gasteiger partial charge on any atom is -0.481 e. The predicted octanol–water partition coefficient (Wildman–Crippen LogP) is 3.33. The lowest BCUT2D eigenvalue weighted by molar-refractivity contribution is -0.161. The van der Waals surface area contributed by atoms with Gasteiger partial charge >= 0.3 is 5.97 Å². The van der Waals surface area contributed by atoms with E-state index in [-0.39, 0.29) is 43.1 Å². The average molecular weight is 435 g/mol. The number of piperidine rings is 1. The normalized spacial score (nSPS) is 23.1. The van der Waals surface area contributed by atoms with Gasteiger partial charge in [0.15, 0.2) is 11.5 Å². The molecule has 1 amide bonds. The highest BCUT2D eigenvalue weighted by atomic mass is 19.1. The summed E-state index contributed by atoms with van der Waals surface area (Å²) in [5, 5.41) is 0. The summed E-state index contributed by atoms with van der Waals surface area (Å²) in [7, 11) is 0. The molecular formula is C23H27F2NO5. The fourth-order valence-corrected chi connectivity index (χ4v) is 4.24. The molecule has 1 saturated heterocycles. The number of hydrogen-bond acceptors (Lipinski definition) is 5. The molecule has 168 valence electrons. The second-order valence-electron chi connectivity index (χ2n) is 8.76. The highest BCUT2D eigenvalue weighted by Gasteiger charge is 2.46. The maximum absolute atomic E-state index is 14.4. The molecule has 0 unspecified atom stereocenters. The molecule has 0 radical (unpaired) electrons. The minimum atomic E-state index is -1.18. The van der Waals surface area contributed by atoms with Gasteiger partial charge in [-0.2, -0.15) is 0 Å². The summed E-state index contributed by atoms with van der Waals surface area (Å²) in [6.07, 6.45) is 2.19. The van der Waals surface area contributed by atoms with Crippen LogP contribution >= 0.6 is 0 Å². The van der Waals surface area contributed by atoms with Crippen LogP contribution in [0.5, 0.6) is 0 Å². The van der Waals surface area contributed by atoms with E-state index in [1.165, 1.54) is 17.0 Å². The van der Waals surface area contributed by atoms with Crippen LogP contribution in [0.3, 0.4) is 0 Å². The maximum Gasteiger partial charge on any atom is 0.314 e. The molecule has 1 aromatic carbocycles. The number of ether oxygens (including phenoxy) is 2. The molecule has 1 aromatic rings. The van der Waals surface area contributed by atoms with E-state index in [9.17, 15) is 23.2 Å². The van der Waals surface area contributed by atoms with E-state index in [0.717, 1.165) is 12.1 Å². The number of amides is 1. The van der Waals surface area contributed by atoms with Crippen LogP contribution in [0.15, 0.2) is 30.0 Å². The van der Waals surface area contributed by atoms with Crippen LogP contribution in [-0.2, 0) is 30.3 Å². The molecule has 1 atom stereocenters. The van der Waals surface area contributed by atoms with Crippen molar-refractivity contribution >= 4 is 17.7 Å². The van der Waals surface area contributed by atoms with Crippen molar-refractivity contribution in [3.63, 3.8) is 0 Å². The molecule has 0 spiro atoms. The molecule has 8 heteroatoms. The molecule has 2 heterocycles. The Morgan fingerprint density at radius 3 is 2.65 bits per heavy atom. The van der Waals surface area contributed by atoms with Crippen molar-refractivity contribution in [2.45, 2.75) is 52.1 Å². The van der Waals surface area contributed by atoms with Gasteiger partial charge in [0, 0.05) is 31.7 Å². The maximum atomic E-state index is 14.4. The predicted molar refractivity (Wildman–Crippen MR) is 108 cm³/mol. The third-order valence-electron chi connectivity index (χ3n) is 5.61. The van der Waals surface area contributed by atoms with Gasteiger partial charge in [-0.25, -0.2) is 8.78 Å². The lowest BCUT2D eigenvalue weighted by atomic mass is 9.74. The Morgan fingerprint density at radius 1 is 1.26 bits per heavy atom. The Morgan fingerprint density at radius 2 is 2.00 bits per heavy atom. The zero-order valence-corrected chi connectivity index (χ0v) is 18.0. The van der Waals surface area contributed by atoms with E-state index < -0.39 is 34.5 Å². The number of benzene rings is 1. The molecular weight excluding hydrogens is 408 g/mol. The number of nitrogens with zero attached hydrogens (tertiary/aromatic N) is 1. The van der Waals surface area contributed by atoms with Gasteiger partial charge in [-0.1, -0.05) is 6.07 Å². The van der Waals surface area contributed by atoms with E-state index in [4.69, 9.17) is 9.47 Å². The third kappa shape index (κ3) is 5.11. The Labute approximate surface area is 180 Å². The first kappa shape index (κ1) is 22.9. The molecule has 6 nitrogen and oxygen atoms in total. The summed E-state index contributed by atoms with van der Waals surface area (Å²) < 4.78 is 38.7. The highest BCUT2D eigenvalue weighted by Crippen LogP contribution is 2.37. The molecule has 0 bridgehead atoms. The van der Waals surface area contributed by atoms with Crippen LogP contribution in [0, 0.1) is 17.0 Å². The lowest BCUT2D eigenvalue weighted by Crippen LogP contribution is -2.52. The summed E-state index contributed by atoms with van der Waals surface area (Å²) in [6, 6.07) is 3.21. The highest BCUT2D eigenvalue weighted by molar-refractivity contribution is 6.02. The summed E-state index contributed by atoms with van der Waals surface area (Å²) in [4.78, 5) is 39.5. The van der Waals surface area contributed by atoms with Crippen LogP contribution in [0.1, 0.15) is 45.6 Å². The van der Waals surface area contributed by atoms with Gasteiger partial charge in [-0.3, -0.25) is 14.4 Å². The van der Waals surface area contributed by atoms with Crippen LogP contribution in [-0.4, -0.2) is 47.9 Å². The number of carbonyl (C=O) groups is 3. The van der Waals surface area contributed by atoms with Crippen LogP contribution in [0.2, 0.25) is 0 Å². The number of rotatable bonds is 5. The van der Waals surface area contributed by atoms with Gasteiger partial charge in [-0.15, -0.1) is 0 Å². The lowest BCUT2D eigenvalue weighted by Gasteiger charge is -2.42. The van der Waals surface area contributed by atoms with E-state index in [0.29, 0.717) is 19.4 Å². The van der Waals surface area contributed by atoms with Crippen LogP contribution in [0.25, 0.3) is 0 Å². The van der Waals surface area contributed by atoms with Crippen molar-refractivity contribution in [1.82, 2.24) is 4.90 Å². The smallest absolute Gasteiger partial charge is 0.314 e. The molecule has 0 aromatic heterocycles. The molecule has 1 fully saturated rings. The number of likely N-dealkylation sites (tertiary alicyclic amines) is 1. The van der Waals surface area contributed by atoms with Crippen molar-refractivity contribution in [1.29, 1.82) is 0 Å².